The fraction of sp³-hybridized carbons (Fsp3) is 0.524. The van der Waals surface area contributed by atoms with Crippen molar-refractivity contribution in [3.05, 3.63) is 29.8 Å². The van der Waals surface area contributed by atoms with E-state index in [4.69, 9.17) is 20.7 Å². The maximum Gasteiger partial charge on any atom is 0.322 e. The Balaban J connectivity index is 2.59. The number of nitrogens with two attached hydrogens (primary N) is 1. The van der Waals surface area contributed by atoms with Crippen molar-refractivity contribution >= 4 is 35.5 Å². The number of carbonyl (C=O) groups is 4. The number of carboxylic acids is 2. The van der Waals surface area contributed by atoms with Crippen molar-refractivity contribution in [2.45, 2.75) is 50.4 Å². The van der Waals surface area contributed by atoms with Crippen LogP contribution in [0, 0.1) is 0 Å². The maximum absolute atomic E-state index is 12.3. The lowest BCUT2D eigenvalue weighted by atomic mass is 10.1. The Morgan fingerprint density at radius 1 is 1.16 bits per heavy atom. The van der Waals surface area contributed by atoms with Gasteiger partial charge in [-0.25, -0.2) is 0 Å². The first-order valence-electron chi connectivity index (χ1n) is 10.3. The van der Waals surface area contributed by atoms with Gasteiger partial charge in [0.15, 0.2) is 0 Å². The summed E-state index contributed by atoms with van der Waals surface area (Å²) in [5.74, 6) is -2.03. The Morgan fingerprint density at radius 3 is 2.44 bits per heavy atom. The molecule has 0 saturated carbocycles. The molecule has 0 aliphatic carbocycles. The molecule has 6 N–H and O–H groups in total. The van der Waals surface area contributed by atoms with Crippen molar-refractivity contribution < 1.29 is 34.1 Å². The van der Waals surface area contributed by atoms with Gasteiger partial charge in [-0.2, -0.15) is 11.8 Å². The molecule has 0 heterocycles. The number of aliphatic carboxylic acids is 2. The van der Waals surface area contributed by atoms with Crippen LogP contribution in [0.2, 0.25) is 0 Å². The fourth-order valence-corrected chi connectivity index (χ4v) is 3.47. The molecule has 0 bridgehead atoms. The van der Waals surface area contributed by atoms with Crippen LogP contribution >= 0.6 is 11.8 Å². The number of rotatable bonds is 16. The van der Waals surface area contributed by atoms with Crippen molar-refractivity contribution in [3.8, 4) is 5.75 Å². The number of unbranched alkanes of at least 4 members (excludes halogenated alkanes) is 1. The topological polar surface area (TPSA) is 168 Å². The van der Waals surface area contributed by atoms with Crippen LogP contribution in [0.1, 0.15) is 38.2 Å². The smallest absolute Gasteiger partial charge is 0.322 e. The van der Waals surface area contributed by atoms with Gasteiger partial charge >= 0.3 is 11.9 Å². The van der Waals surface area contributed by atoms with Crippen molar-refractivity contribution in [2.75, 3.05) is 18.9 Å². The highest BCUT2D eigenvalue weighted by atomic mass is 32.2. The minimum absolute atomic E-state index is 0.0789. The third-order valence-corrected chi connectivity index (χ3v) is 5.41. The number of benzene rings is 1. The predicted octanol–water partition coefficient (Wildman–Crippen LogP) is 0.976. The third-order valence-electron chi connectivity index (χ3n) is 4.31. The lowest BCUT2D eigenvalue weighted by Crippen LogP contribution is -2.49. The predicted molar refractivity (Wildman–Crippen MR) is 120 cm³/mol. The number of ether oxygens (including phenoxy) is 1. The zero-order valence-electron chi connectivity index (χ0n) is 18.0. The molecule has 1 rings (SSSR count). The molecule has 1 aromatic carbocycles. The van der Waals surface area contributed by atoms with Gasteiger partial charge < -0.3 is 31.3 Å². The molecule has 0 unspecified atom stereocenters. The second-order valence-corrected chi connectivity index (χ2v) is 8.11. The molecule has 0 radical (unpaired) electrons. The quantitative estimate of drug-likeness (QED) is 0.222. The molecule has 11 heteroatoms. The van der Waals surface area contributed by atoms with Crippen LogP contribution in [0.4, 0.5) is 0 Å². The Bertz CT molecular complexity index is 758. The number of nitrogens with one attached hydrogen (secondary N) is 2. The summed E-state index contributed by atoms with van der Waals surface area (Å²) in [7, 11) is 0. The molecule has 0 aromatic heterocycles. The molecule has 0 aliphatic rings. The third kappa shape index (κ3) is 11.6. The van der Waals surface area contributed by atoms with E-state index in [2.05, 4.69) is 17.6 Å². The van der Waals surface area contributed by atoms with Crippen molar-refractivity contribution in [1.82, 2.24) is 10.6 Å². The number of thioether (sulfide) groups is 1. The van der Waals surface area contributed by atoms with Gasteiger partial charge in [-0.3, -0.25) is 19.2 Å². The molecule has 1 aromatic rings. The van der Waals surface area contributed by atoms with Crippen LogP contribution in [0.3, 0.4) is 0 Å². The summed E-state index contributed by atoms with van der Waals surface area (Å²) in [6.45, 7) is 2.18. The van der Waals surface area contributed by atoms with Crippen molar-refractivity contribution in [2.24, 2.45) is 5.73 Å². The molecule has 0 aliphatic heterocycles. The summed E-state index contributed by atoms with van der Waals surface area (Å²) in [6, 6.07) is 5.43. The minimum Gasteiger partial charge on any atom is -0.494 e. The SMILES string of the molecule is CCCCOc1ccc(CSC[C@H](NC(=O)CC[C@H](N)C(=O)O)C(=O)NCC(=O)O)cc1. The minimum atomic E-state index is -1.22. The van der Waals surface area contributed by atoms with Crippen LogP contribution in [0.5, 0.6) is 5.75 Å². The number of carbonyl (C=O) groups excluding carboxylic acids is 2. The molecule has 32 heavy (non-hydrogen) atoms. The van der Waals surface area contributed by atoms with E-state index in [0.717, 1.165) is 24.2 Å². The number of carboxylic acid groups (broad SMARTS) is 2. The summed E-state index contributed by atoms with van der Waals surface area (Å²) < 4.78 is 5.62. The summed E-state index contributed by atoms with van der Waals surface area (Å²) in [4.78, 5) is 45.9. The van der Waals surface area contributed by atoms with Crippen molar-refractivity contribution in [1.29, 1.82) is 0 Å². The van der Waals surface area contributed by atoms with Gasteiger partial charge in [0.1, 0.15) is 24.4 Å². The van der Waals surface area contributed by atoms with E-state index in [9.17, 15) is 19.2 Å². The number of amides is 2. The molecular weight excluding hydrogens is 438 g/mol. The highest BCUT2D eigenvalue weighted by Gasteiger charge is 2.22. The van der Waals surface area contributed by atoms with E-state index >= 15 is 0 Å². The van der Waals surface area contributed by atoms with E-state index in [1.807, 2.05) is 24.3 Å². The summed E-state index contributed by atoms with van der Waals surface area (Å²) in [6.07, 6.45) is 1.79. The zero-order chi connectivity index (χ0) is 23.9. The van der Waals surface area contributed by atoms with Gasteiger partial charge in [0.05, 0.1) is 6.61 Å². The average molecular weight is 470 g/mol. The van der Waals surface area contributed by atoms with Crippen LogP contribution in [-0.2, 0) is 24.9 Å². The molecule has 0 fully saturated rings. The summed E-state index contributed by atoms with van der Waals surface area (Å²) >= 11 is 1.39. The van der Waals surface area contributed by atoms with Gasteiger partial charge in [-0.15, -0.1) is 0 Å². The summed E-state index contributed by atoms with van der Waals surface area (Å²) in [5.41, 5.74) is 6.39. The zero-order valence-corrected chi connectivity index (χ0v) is 18.9. The van der Waals surface area contributed by atoms with E-state index < -0.39 is 42.4 Å². The first-order valence-corrected chi connectivity index (χ1v) is 11.4. The van der Waals surface area contributed by atoms with Crippen LogP contribution in [0.25, 0.3) is 0 Å². The highest BCUT2D eigenvalue weighted by molar-refractivity contribution is 7.98. The van der Waals surface area contributed by atoms with Gasteiger partial charge in [0.2, 0.25) is 11.8 Å². The number of hydrogen-bond acceptors (Lipinski definition) is 7. The van der Waals surface area contributed by atoms with E-state index in [-0.39, 0.29) is 18.6 Å². The summed E-state index contributed by atoms with van der Waals surface area (Å²) in [5, 5.41) is 22.3. The van der Waals surface area contributed by atoms with Crippen LogP contribution in [-0.4, -0.2) is 65.0 Å². The largest absolute Gasteiger partial charge is 0.494 e. The van der Waals surface area contributed by atoms with Gasteiger partial charge in [-0.05, 0) is 30.5 Å². The van der Waals surface area contributed by atoms with Crippen molar-refractivity contribution in [3.63, 3.8) is 0 Å². The molecule has 2 amide bonds. The van der Waals surface area contributed by atoms with E-state index in [1.165, 1.54) is 11.8 Å². The Hall–Kier alpha value is -2.79. The maximum atomic E-state index is 12.3. The average Bonchev–Trinajstić information content (AvgIpc) is 2.76. The lowest BCUT2D eigenvalue weighted by Gasteiger charge is -2.18. The van der Waals surface area contributed by atoms with Gasteiger partial charge in [0.25, 0.3) is 0 Å². The Labute approximate surface area is 191 Å². The normalized spacial score (nSPS) is 12.4. The monoisotopic (exact) mass is 469 g/mol. The molecule has 0 spiro atoms. The second-order valence-electron chi connectivity index (χ2n) is 7.08. The molecule has 2 atom stereocenters. The number of hydrogen-bond donors (Lipinski definition) is 5. The first-order chi connectivity index (χ1) is 15.2. The molecule has 0 saturated heterocycles. The molecule has 178 valence electrons. The van der Waals surface area contributed by atoms with Gasteiger partial charge in [-0.1, -0.05) is 25.5 Å². The van der Waals surface area contributed by atoms with Crippen LogP contribution < -0.4 is 21.1 Å². The van der Waals surface area contributed by atoms with Gasteiger partial charge in [0, 0.05) is 17.9 Å². The first kappa shape index (κ1) is 27.2. The Morgan fingerprint density at radius 2 is 1.84 bits per heavy atom. The lowest BCUT2D eigenvalue weighted by molar-refractivity contribution is -0.139. The van der Waals surface area contributed by atoms with E-state index in [0.29, 0.717) is 12.4 Å². The van der Waals surface area contributed by atoms with E-state index in [1.54, 1.807) is 0 Å². The molecular formula is C21H31N3O7S. The highest BCUT2D eigenvalue weighted by Crippen LogP contribution is 2.18. The second kappa shape index (κ2) is 15.1. The molecule has 10 nitrogen and oxygen atoms in total. The fourth-order valence-electron chi connectivity index (χ4n) is 2.46. The Kier molecular flexibility index (Phi) is 12.8. The van der Waals surface area contributed by atoms with Crippen LogP contribution in [0.15, 0.2) is 24.3 Å². The standard InChI is InChI=1S/C21H31N3O7S/c1-2-3-10-31-15-6-4-14(5-7-15)12-32-13-17(20(28)23-11-19(26)27)24-18(25)9-8-16(22)21(29)30/h4-7,16-17H,2-3,8-13,22H2,1H3,(H,23,28)(H,24,25)(H,26,27)(H,29,30)/t16-,17-/m0/s1.